The molecule has 10 nitrogen and oxygen atoms in total. The lowest BCUT2D eigenvalue weighted by Crippen LogP contribution is -2.55. The van der Waals surface area contributed by atoms with E-state index in [2.05, 4.69) is 5.32 Å². The van der Waals surface area contributed by atoms with Crippen LogP contribution in [0.15, 0.2) is 11.8 Å². The maximum absolute atomic E-state index is 12.0. The monoisotopic (exact) mass is 385 g/mol. The summed E-state index contributed by atoms with van der Waals surface area (Å²) in [5, 5.41) is 10.2. The Bertz CT molecular complexity index is 620. The molecule has 4 N–H and O–H groups in total. The van der Waals surface area contributed by atoms with Crippen LogP contribution in [0.4, 0.5) is 0 Å². The van der Waals surface area contributed by atoms with Crippen LogP contribution in [0.1, 0.15) is 34.1 Å². The van der Waals surface area contributed by atoms with Gasteiger partial charge in [-0.15, -0.1) is 0 Å². The first kappa shape index (κ1) is 22.3. The first-order valence-corrected chi connectivity index (χ1v) is 8.52. The predicted octanol–water partition coefficient (Wildman–Crippen LogP) is 0.203. The largest absolute Gasteiger partial charge is 0.479 e. The fourth-order valence-corrected chi connectivity index (χ4v) is 2.89. The second-order valence-corrected chi connectivity index (χ2v) is 6.18. The number of nitrogens with one attached hydrogen (secondary N) is 2. The number of ether oxygens (including phenoxy) is 4. The molecule has 0 unspecified atom stereocenters. The second kappa shape index (κ2) is 9.79. The number of hydrogen-bond acceptors (Lipinski definition) is 8. The molecule has 0 radical (unpaired) electrons. The van der Waals surface area contributed by atoms with Gasteiger partial charge in [-0.1, -0.05) is 13.8 Å². The zero-order valence-electron chi connectivity index (χ0n) is 16.1. The fraction of sp³-hybridized carbons (Fsp3) is 0.647. The zero-order valence-corrected chi connectivity index (χ0v) is 16.1. The Hall–Kier alpha value is -2.78. The van der Waals surface area contributed by atoms with Crippen molar-refractivity contribution in [2.75, 3.05) is 7.11 Å². The summed E-state index contributed by atoms with van der Waals surface area (Å²) in [6, 6.07) is -0.566. The minimum Gasteiger partial charge on any atom is -0.479 e. The van der Waals surface area contributed by atoms with Crippen molar-refractivity contribution in [3.8, 4) is 0 Å². The van der Waals surface area contributed by atoms with E-state index in [0.29, 0.717) is 6.42 Å². The van der Waals surface area contributed by atoms with Crippen molar-refractivity contribution in [3.63, 3.8) is 0 Å². The summed E-state index contributed by atoms with van der Waals surface area (Å²) in [5.74, 6) is -2.67. The summed E-state index contributed by atoms with van der Waals surface area (Å²) in [7, 11) is 1.20. The molecule has 0 saturated heterocycles. The molecular formula is C17H27N3O7. The molecule has 0 aliphatic carbocycles. The van der Waals surface area contributed by atoms with E-state index in [9.17, 15) is 14.4 Å². The molecule has 27 heavy (non-hydrogen) atoms. The third-order valence-corrected chi connectivity index (χ3v) is 4.10. The standard InChI is InChI=1S/C17H27N3O7/c1-6-12(25-9(3)21)15(26-10(4)22)14-8(2)11(20-17(18)19)7-13(27-14)16(23)24-5/h7-8,11-12,14-15H,6H2,1-5H3,(H4,18,19,20)/t8-,11+,12-,14-,15-/m1/s1. The van der Waals surface area contributed by atoms with Gasteiger partial charge in [0.2, 0.25) is 5.76 Å². The van der Waals surface area contributed by atoms with Gasteiger partial charge in [-0.05, 0) is 12.5 Å². The van der Waals surface area contributed by atoms with Crippen LogP contribution in [0.3, 0.4) is 0 Å². The SMILES string of the molecule is CC[C@@H](OC(C)=O)[C@@H](OC(C)=O)[C@@H]1OC(C(=O)OC)=C[C@H](NC(=N)N)[C@H]1C. The van der Waals surface area contributed by atoms with Crippen molar-refractivity contribution >= 4 is 23.9 Å². The molecule has 152 valence electrons. The minimum absolute atomic E-state index is 0.116. The van der Waals surface area contributed by atoms with E-state index in [1.165, 1.54) is 27.0 Å². The van der Waals surface area contributed by atoms with Crippen LogP contribution >= 0.6 is 0 Å². The van der Waals surface area contributed by atoms with Crippen LogP contribution in [0.5, 0.6) is 0 Å². The quantitative estimate of drug-likeness (QED) is 0.242. The van der Waals surface area contributed by atoms with Crippen molar-refractivity contribution in [1.29, 1.82) is 5.41 Å². The highest BCUT2D eigenvalue weighted by Crippen LogP contribution is 2.30. The lowest BCUT2D eigenvalue weighted by molar-refractivity contribution is -0.183. The number of carbonyl (C=O) groups excluding carboxylic acids is 3. The normalized spacial score (nSPS) is 23.7. The summed E-state index contributed by atoms with van der Waals surface area (Å²) < 4.78 is 21.1. The van der Waals surface area contributed by atoms with Gasteiger partial charge in [-0.25, -0.2) is 4.79 Å². The Morgan fingerprint density at radius 1 is 1.30 bits per heavy atom. The molecule has 0 amide bonds. The summed E-state index contributed by atoms with van der Waals surface area (Å²) >= 11 is 0. The average molecular weight is 385 g/mol. The number of methoxy groups -OCH3 is 1. The van der Waals surface area contributed by atoms with Crippen molar-refractivity contribution in [2.24, 2.45) is 11.7 Å². The van der Waals surface area contributed by atoms with E-state index in [1.807, 2.05) is 0 Å². The Labute approximate surface area is 157 Å². The molecule has 0 fully saturated rings. The van der Waals surface area contributed by atoms with E-state index in [4.69, 9.17) is 30.1 Å². The molecule has 1 aliphatic heterocycles. The zero-order chi connectivity index (χ0) is 20.7. The number of carbonyl (C=O) groups is 3. The van der Waals surface area contributed by atoms with Crippen molar-refractivity contribution in [1.82, 2.24) is 5.32 Å². The van der Waals surface area contributed by atoms with E-state index in [-0.39, 0.29) is 11.7 Å². The van der Waals surface area contributed by atoms with Gasteiger partial charge in [-0.3, -0.25) is 15.0 Å². The Morgan fingerprint density at radius 2 is 1.89 bits per heavy atom. The summed E-state index contributed by atoms with van der Waals surface area (Å²) in [4.78, 5) is 35.1. The van der Waals surface area contributed by atoms with Gasteiger partial charge in [0, 0.05) is 19.8 Å². The molecule has 1 rings (SSSR count). The van der Waals surface area contributed by atoms with Crippen LogP contribution in [0.2, 0.25) is 0 Å². The molecule has 0 bridgehead atoms. The molecule has 1 heterocycles. The molecule has 10 heteroatoms. The smallest absolute Gasteiger partial charge is 0.373 e. The Morgan fingerprint density at radius 3 is 2.33 bits per heavy atom. The lowest BCUT2D eigenvalue weighted by atomic mass is 9.86. The number of guanidine groups is 1. The van der Waals surface area contributed by atoms with Gasteiger partial charge in [-0.2, -0.15) is 0 Å². The van der Waals surface area contributed by atoms with Crippen molar-refractivity contribution in [2.45, 2.75) is 58.5 Å². The Balaban J connectivity index is 3.29. The molecule has 5 atom stereocenters. The molecule has 0 spiro atoms. The predicted molar refractivity (Wildman–Crippen MR) is 94.4 cm³/mol. The van der Waals surface area contributed by atoms with Gasteiger partial charge < -0.3 is 30.0 Å². The van der Waals surface area contributed by atoms with E-state index >= 15 is 0 Å². The number of rotatable bonds is 7. The highest BCUT2D eigenvalue weighted by atomic mass is 16.6. The lowest BCUT2D eigenvalue weighted by Gasteiger charge is -2.40. The van der Waals surface area contributed by atoms with Crippen LogP contribution < -0.4 is 11.1 Å². The summed E-state index contributed by atoms with van der Waals surface area (Å²) in [5.41, 5.74) is 5.42. The van der Waals surface area contributed by atoms with Crippen LogP contribution in [0, 0.1) is 11.3 Å². The van der Waals surface area contributed by atoms with E-state index in [0.717, 1.165) is 0 Å². The molecule has 0 aromatic carbocycles. The molecule has 0 aromatic rings. The van der Waals surface area contributed by atoms with Crippen LogP contribution in [-0.4, -0.2) is 55.3 Å². The van der Waals surface area contributed by atoms with Crippen molar-refractivity contribution < 1.29 is 33.3 Å². The maximum atomic E-state index is 12.0. The van der Waals surface area contributed by atoms with Crippen molar-refractivity contribution in [3.05, 3.63) is 11.8 Å². The first-order chi connectivity index (χ1) is 12.6. The first-order valence-electron chi connectivity index (χ1n) is 8.52. The molecule has 1 aliphatic rings. The van der Waals surface area contributed by atoms with Gasteiger partial charge in [0.05, 0.1) is 13.2 Å². The summed E-state index contributed by atoms with van der Waals surface area (Å²) in [6.45, 7) is 6.01. The minimum atomic E-state index is -0.976. The number of nitrogens with two attached hydrogens (primary N) is 1. The van der Waals surface area contributed by atoms with Gasteiger partial charge in [0.25, 0.3) is 0 Å². The number of hydrogen-bond donors (Lipinski definition) is 3. The van der Waals surface area contributed by atoms with E-state index in [1.54, 1.807) is 13.8 Å². The van der Waals surface area contributed by atoms with Crippen LogP contribution in [0.25, 0.3) is 0 Å². The highest BCUT2D eigenvalue weighted by molar-refractivity contribution is 5.86. The van der Waals surface area contributed by atoms with Gasteiger partial charge in [0.15, 0.2) is 12.1 Å². The molecular weight excluding hydrogens is 358 g/mol. The average Bonchev–Trinajstić information content (AvgIpc) is 2.58. The van der Waals surface area contributed by atoms with E-state index < -0.39 is 48.2 Å². The van der Waals surface area contributed by atoms with Crippen LogP contribution in [-0.2, 0) is 33.3 Å². The fourth-order valence-electron chi connectivity index (χ4n) is 2.89. The second-order valence-electron chi connectivity index (χ2n) is 6.18. The maximum Gasteiger partial charge on any atom is 0.373 e. The number of esters is 3. The molecule has 0 saturated carbocycles. The Kier molecular flexibility index (Phi) is 8.07. The van der Waals surface area contributed by atoms with Gasteiger partial charge >= 0.3 is 17.9 Å². The third kappa shape index (κ3) is 6.15. The van der Waals surface area contributed by atoms with Gasteiger partial charge in [0.1, 0.15) is 12.2 Å². The molecule has 0 aromatic heterocycles. The summed E-state index contributed by atoms with van der Waals surface area (Å²) in [6.07, 6.45) is -0.808. The highest BCUT2D eigenvalue weighted by Gasteiger charge is 2.44. The third-order valence-electron chi connectivity index (χ3n) is 4.10. The topological polar surface area (TPSA) is 150 Å².